The van der Waals surface area contributed by atoms with Gasteiger partial charge in [-0.3, -0.25) is 19.2 Å². The first-order valence-electron chi connectivity index (χ1n) is 9.62. The van der Waals surface area contributed by atoms with Crippen molar-refractivity contribution in [3.05, 3.63) is 18.2 Å². The van der Waals surface area contributed by atoms with Crippen molar-refractivity contribution in [2.45, 2.75) is 50.4 Å². The number of nitrogens with one attached hydrogen (secondary N) is 4. The van der Waals surface area contributed by atoms with Gasteiger partial charge in [0.05, 0.1) is 18.8 Å². The molecule has 1 heterocycles. The van der Waals surface area contributed by atoms with Crippen molar-refractivity contribution >= 4 is 41.4 Å². The number of nitrogens with zero attached hydrogens (tertiary/aromatic N) is 1. The van der Waals surface area contributed by atoms with Crippen LogP contribution in [0.5, 0.6) is 0 Å². The summed E-state index contributed by atoms with van der Waals surface area (Å²) < 4.78 is 0. The Hall–Kier alpha value is -3.13. The number of hydrogen-bond donors (Lipinski definition) is 7. The molecule has 0 radical (unpaired) electrons. The maximum atomic E-state index is 12.7. The molecule has 4 atom stereocenters. The molecule has 8 N–H and O–H groups in total. The minimum atomic E-state index is -1.34. The molecule has 0 fully saturated rings. The highest BCUT2D eigenvalue weighted by Gasteiger charge is 2.29. The van der Waals surface area contributed by atoms with Gasteiger partial charge in [0, 0.05) is 18.3 Å². The lowest BCUT2D eigenvalue weighted by Gasteiger charge is -2.23. The Balaban J connectivity index is 2.77. The van der Waals surface area contributed by atoms with E-state index in [4.69, 9.17) is 10.8 Å². The monoisotopic (exact) mass is 472 g/mol. The Labute approximate surface area is 188 Å². The van der Waals surface area contributed by atoms with E-state index in [0.29, 0.717) is 11.4 Å². The van der Waals surface area contributed by atoms with Gasteiger partial charge in [-0.05, 0) is 25.4 Å². The molecule has 3 amide bonds. The number of thioether (sulfide) groups is 1. The summed E-state index contributed by atoms with van der Waals surface area (Å²) in [6.07, 6.45) is 4.21. The normalized spacial score (nSPS) is 14.5. The fraction of sp³-hybridized carbons (Fsp3) is 0.556. The maximum absolute atomic E-state index is 12.7. The van der Waals surface area contributed by atoms with E-state index in [1.165, 1.54) is 31.2 Å². The Morgan fingerprint density at radius 1 is 1.09 bits per heavy atom. The van der Waals surface area contributed by atoms with Gasteiger partial charge in [0.15, 0.2) is 0 Å². The highest BCUT2D eigenvalue weighted by atomic mass is 32.2. The molecule has 0 saturated carbocycles. The third-order valence-corrected chi connectivity index (χ3v) is 4.96. The number of rotatable bonds is 14. The lowest BCUT2D eigenvalue weighted by molar-refractivity contribution is -0.142. The van der Waals surface area contributed by atoms with Crippen LogP contribution < -0.4 is 21.7 Å². The second-order valence-corrected chi connectivity index (χ2v) is 7.94. The summed E-state index contributed by atoms with van der Waals surface area (Å²) in [7, 11) is 0. The molecule has 4 unspecified atom stereocenters. The summed E-state index contributed by atoms with van der Waals surface area (Å²) in [5, 5.41) is 25.3. The van der Waals surface area contributed by atoms with Crippen LogP contribution in [0.4, 0.5) is 0 Å². The minimum Gasteiger partial charge on any atom is -0.481 e. The lowest BCUT2D eigenvalue weighted by atomic mass is 10.1. The van der Waals surface area contributed by atoms with Gasteiger partial charge in [-0.25, -0.2) is 9.78 Å². The lowest BCUT2D eigenvalue weighted by Crippen LogP contribution is -2.56. The Kier molecular flexibility index (Phi) is 11.2. The van der Waals surface area contributed by atoms with Crippen LogP contribution in [-0.4, -0.2) is 86.0 Å². The zero-order valence-electron chi connectivity index (χ0n) is 17.7. The molecule has 0 bridgehead atoms. The van der Waals surface area contributed by atoms with E-state index < -0.39 is 60.2 Å². The van der Waals surface area contributed by atoms with Gasteiger partial charge < -0.3 is 36.9 Å². The van der Waals surface area contributed by atoms with E-state index in [-0.39, 0.29) is 12.8 Å². The molecule has 0 spiro atoms. The number of imidazole rings is 1. The number of carbonyl (C=O) groups excluding carboxylic acids is 3. The first-order valence-corrected chi connectivity index (χ1v) is 11.0. The molecule has 1 aromatic rings. The molecule has 1 aromatic heterocycles. The summed E-state index contributed by atoms with van der Waals surface area (Å²) in [4.78, 5) is 65.9. The predicted octanol–water partition coefficient (Wildman–Crippen LogP) is -1.93. The van der Waals surface area contributed by atoms with Crippen molar-refractivity contribution in [2.75, 3.05) is 12.0 Å². The number of carboxylic acid groups (broad SMARTS) is 2. The SMILES string of the molecule is CSCCC(NC(=O)C(C)NC(=O)C(N)CC(=O)O)C(=O)NC(Cc1cnc[nH]1)C(=O)O. The fourth-order valence-corrected chi connectivity index (χ4v) is 3.03. The third kappa shape index (κ3) is 9.34. The van der Waals surface area contributed by atoms with Gasteiger partial charge in [0.1, 0.15) is 18.1 Å². The smallest absolute Gasteiger partial charge is 0.326 e. The quantitative estimate of drug-likeness (QED) is 0.159. The number of carboxylic acids is 2. The number of nitrogens with two attached hydrogens (primary N) is 1. The second kappa shape index (κ2) is 13.3. The molecule has 14 heteroatoms. The third-order valence-electron chi connectivity index (χ3n) is 4.32. The average molecular weight is 473 g/mol. The number of amides is 3. The molecule has 0 aliphatic rings. The van der Waals surface area contributed by atoms with Gasteiger partial charge >= 0.3 is 11.9 Å². The van der Waals surface area contributed by atoms with Crippen molar-refractivity contribution in [3.8, 4) is 0 Å². The van der Waals surface area contributed by atoms with E-state index in [2.05, 4.69) is 25.9 Å². The molecule has 32 heavy (non-hydrogen) atoms. The van der Waals surface area contributed by atoms with Crippen LogP contribution in [0.15, 0.2) is 12.5 Å². The molecule has 178 valence electrons. The van der Waals surface area contributed by atoms with Gasteiger partial charge in [-0.2, -0.15) is 11.8 Å². The summed E-state index contributed by atoms with van der Waals surface area (Å²) in [5.41, 5.74) is 5.98. The van der Waals surface area contributed by atoms with Crippen LogP contribution in [0, 0.1) is 0 Å². The topological polar surface area (TPSA) is 217 Å². The number of aromatic amines is 1. The number of hydrogen-bond acceptors (Lipinski definition) is 8. The van der Waals surface area contributed by atoms with E-state index in [0.717, 1.165) is 0 Å². The number of carbonyl (C=O) groups is 5. The highest BCUT2D eigenvalue weighted by Crippen LogP contribution is 2.05. The molecule has 0 aliphatic heterocycles. The number of aliphatic carboxylic acids is 2. The van der Waals surface area contributed by atoms with Gasteiger partial charge in [-0.15, -0.1) is 0 Å². The molecule has 0 saturated heterocycles. The van der Waals surface area contributed by atoms with Crippen LogP contribution in [0.1, 0.15) is 25.5 Å². The van der Waals surface area contributed by atoms with Crippen molar-refractivity contribution in [3.63, 3.8) is 0 Å². The van der Waals surface area contributed by atoms with Crippen LogP contribution in [0.25, 0.3) is 0 Å². The van der Waals surface area contributed by atoms with Gasteiger partial charge in [0.2, 0.25) is 17.7 Å². The van der Waals surface area contributed by atoms with Crippen molar-refractivity contribution in [2.24, 2.45) is 5.73 Å². The minimum absolute atomic E-state index is 0.0296. The molecular weight excluding hydrogens is 444 g/mol. The van der Waals surface area contributed by atoms with Crippen molar-refractivity contribution in [1.29, 1.82) is 0 Å². The maximum Gasteiger partial charge on any atom is 0.326 e. The van der Waals surface area contributed by atoms with Crippen LogP contribution in [-0.2, 0) is 30.4 Å². The largest absolute Gasteiger partial charge is 0.481 e. The standard InChI is InChI=1S/C18H28N6O7S/c1-9(22-16(28)11(19)6-14(25)26)15(27)23-12(3-4-32-2)17(29)24-13(18(30)31)5-10-7-20-8-21-10/h7-9,11-13H,3-6,19H2,1-2H3,(H,20,21)(H,22,28)(H,23,27)(H,24,29)(H,25,26)(H,30,31). The fourth-order valence-electron chi connectivity index (χ4n) is 2.56. The first kappa shape index (κ1) is 26.9. The molecule has 1 rings (SSSR count). The summed E-state index contributed by atoms with van der Waals surface area (Å²) >= 11 is 1.43. The first-order chi connectivity index (χ1) is 15.0. The zero-order valence-corrected chi connectivity index (χ0v) is 18.5. The zero-order chi connectivity index (χ0) is 24.3. The molecular formula is C18H28N6O7S. The van der Waals surface area contributed by atoms with Crippen molar-refractivity contribution < 1.29 is 34.2 Å². The Bertz CT molecular complexity index is 804. The number of H-pyrrole nitrogens is 1. The van der Waals surface area contributed by atoms with Gasteiger partial charge in [-0.1, -0.05) is 0 Å². The summed E-state index contributed by atoms with van der Waals surface area (Å²) in [6, 6.07) is -4.74. The average Bonchev–Trinajstić information content (AvgIpc) is 3.22. The molecule has 0 aliphatic carbocycles. The van der Waals surface area contributed by atoms with Crippen LogP contribution >= 0.6 is 11.8 Å². The molecule has 0 aromatic carbocycles. The Morgan fingerprint density at radius 2 is 1.75 bits per heavy atom. The Morgan fingerprint density at radius 3 is 2.28 bits per heavy atom. The number of aromatic nitrogens is 2. The summed E-state index contributed by atoms with van der Waals surface area (Å²) in [5.74, 6) is -4.24. The van der Waals surface area contributed by atoms with Crippen molar-refractivity contribution in [1.82, 2.24) is 25.9 Å². The van der Waals surface area contributed by atoms with E-state index in [1.54, 1.807) is 0 Å². The van der Waals surface area contributed by atoms with E-state index in [1.807, 2.05) is 6.26 Å². The van der Waals surface area contributed by atoms with Crippen LogP contribution in [0.2, 0.25) is 0 Å². The van der Waals surface area contributed by atoms with E-state index in [9.17, 15) is 29.1 Å². The highest BCUT2D eigenvalue weighted by molar-refractivity contribution is 7.98. The summed E-state index contributed by atoms with van der Waals surface area (Å²) in [6.45, 7) is 1.35. The predicted molar refractivity (Wildman–Crippen MR) is 115 cm³/mol. The van der Waals surface area contributed by atoms with Crippen LogP contribution in [0.3, 0.4) is 0 Å². The van der Waals surface area contributed by atoms with Gasteiger partial charge in [0.25, 0.3) is 0 Å². The van der Waals surface area contributed by atoms with E-state index >= 15 is 0 Å². The molecule has 13 nitrogen and oxygen atoms in total. The second-order valence-electron chi connectivity index (χ2n) is 6.96.